The van der Waals surface area contributed by atoms with E-state index in [1.807, 2.05) is 13.8 Å². The summed E-state index contributed by atoms with van der Waals surface area (Å²) in [4.78, 5) is 19.5. The highest BCUT2D eigenvalue weighted by molar-refractivity contribution is 6.02. The summed E-state index contributed by atoms with van der Waals surface area (Å²) in [5, 5.41) is 9.01. The molecule has 0 radical (unpaired) electrons. The molecule has 0 saturated carbocycles. The summed E-state index contributed by atoms with van der Waals surface area (Å²) >= 11 is 0. The van der Waals surface area contributed by atoms with Crippen LogP contribution >= 0.6 is 0 Å². The van der Waals surface area contributed by atoms with Crippen LogP contribution in [-0.4, -0.2) is 68.7 Å². The van der Waals surface area contributed by atoms with Gasteiger partial charge >= 0.3 is 5.69 Å². The number of aryl methyl sites for hydroxylation is 1. The summed E-state index contributed by atoms with van der Waals surface area (Å²) in [6.07, 6.45) is 2.50. The number of rotatable bonds is 7. The van der Waals surface area contributed by atoms with Gasteiger partial charge in [-0.1, -0.05) is 0 Å². The zero-order valence-electron chi connectivity index (χ0n) is 20.2. The van der Waals surface area contributed by atoms with Gasteiger partial charge in [0.2, 0.25) is 5.88 Å². The molecule has 0 amide bonds. The molecule has 0 aliphatic carbocycles. The maximum absolute atomic E-state index is 15.1. The highest BCUT2D eigenvalue weighted by Crippen LogP contribution is 2.31. The lowest BCUT2D eigenvalue weighted by Gasteiger charge is -2.26. The molecule has 35 heavy (non-hydrogen) atoms. The molecule has 0 spiro atoms. The molecule has 1 aliphatic heterocycles. The lowest BCUT2D eigenvalue weighted by Crippen LogP contribution is -2.37. The van der Waals surface area contributed by atoms with E-state index in [1.54, 1.807) is 36.0 Å². The number of ether oxygens (including phenoxy) is 2. The second kappa shape index (κ2) is 9.71. The van der Waals surface area contributed by atoms with Crippen molar-refractivity contribution < 1.29 is 13.9 Å². The highest BCUT2D eigenvalue weighted by atomic mass is 19.1. The van der Waals surface area contributed by atoms with Crippen molar-refractivity contribution in [3.05, 3.63) is 46.8 Å². The monoisotopic (exact) mass is 480 g/mol. The first kappa shape index (κ1) is 23.4. The van der Waals surface area contributed by atoms with Crippen LogP contribution in [0.4, 0.5) is 4.39 Å². The molecule has 1 fully saturated rings. The van der Waals surface area contributed by atoms with Crippen LogP contribution in [0.5, 0.6) is 5.88 Å². The second-order valence-electron chi connectivity index (χ2n) is 9.07. The topological polar surface area (TPSA) is 87.3 Å². The molecule has 1 aromatic carbocycles. The molecule has 10 heteroatoms. The molecule has 184 valence electrons. The Morgan fingerprint density at radius 3 is 2.69 bits per heavy atom. The zero-order valence-corrected chi connectivity index (χ0v) is 20.2. The van der Waals surface area contributed by atoms with Gasteiger partial charge in [0, 0.05) is 67.6 Å². The molecule has 1 aliphatic rings. The summed E-state index contributed by atoms with van der Waals surface area (Å²) in [6.45, 7) is 8.87. The standard InChI is InChI=1S/C25H29FN6O3/c1-16(2)32-23-19-13-18(20(26)14-21(19)28-29-24(23)30(3)25(32)33)17-5-6-22(27-15-17)35-10-4-7-31-8-11-34-12-9-31/h5-6,13-16H,4,7-12H2,1-3H3. The maximum atomic E-state index is 15.1. The first-order chi connectivity index (χ1) is 16.9. The van der Waals surface area contributed by atoms with Crippen LogP contribution < -0.4 is 10.4 Å². The van der Waals surface area contributed by atoms with Crippen molar-refractivity contribution >= 4 is 22.1 Å². The quantitative estimate of drug-likeness (QED) is 0.376. The summed E-state index contributed by atoms with van der Waals surface area (Å²) in [5.41, 5.74) is 2.32. The van der Waals surface area contributed by atoms with Gasteiger partial charge < -0.3 is 9.47 Å². The van der Waals surface area contributed by atoms with Crippen molar-refractivity contribution in [3.63, 3.8) is 0 Å². The zero-order chi connectivity index (χ0) is 24.5. The molecular formula is C25H29FN6O3. The first-order valence-corrected chi connectivity index (χ1v) is 11.9. The number of halogens is 1. The lowest BCUT2D eigenvalue weighted by molar-refractivity contribution is 0.0357. The first-order valence-electron chi connectivity index (χ1n) is 11.9. The second-order valence-corrected chi connectivity index (χ2v) is 9.07. The van der Waals surface area contributed by atoms with Crippen molar-refractivity contribution in [1.29, 1.82) is 0 Å². The van der Waals surface area contributed by atoms with Gasteiger partial charge in [-0.05, 0) is 32.4 Å². The van der Waals surface area contributed by atoms with Crippen LogP contribution in [0.2, 0.25) is 0 Å². The Bertz CT molecular complexity index is 1410. The number of pyridine rings is 1. The van der Waals surface area contributed by atoms with Crippen LogP contribution in [0.3, 0.4) is 0 Å². The molecule has 0 atom stereocenters. The Morgan fingerprint density at radius 2 is 1.97 bits per heavy atom. The van der Waals surface area contributed by atoms with Crippen molar-refractivity contribution in [2.75, 3.05) is 39.5 Å². The van der Waals surface area contributed by atoms with Crippen LogP contribution in [0.15, 0.2) is 35.3 Å². The van der Waals surface area contributed by atoms with Gasteiger partial charge in [-0.2, -0.15) is 0 Å². The van der Waals surface area contributed by atoms with Crippen molar-refractivity contribution in [2.45, 2.75) is 26.3 Å². The normalized spacial score (nSPS) is 14.9. The van der Waals surface area contributed by atoms with E-state index in [9.17, 15) is 4.79 Å². The van der Waals surface area contributed by atoms with E-state index < -0.39 is 5.82 Å². The molecule has 0 bridgehead atoms. The fraction of sp³-hybridized carbons (Fsp3) is 0.440. The van der Waals surface area contributed by atoms with Crippen LogP contribution in [-0.2, 0) is 11.8 Å². The number of morpholine rings is 1. The van der Waals surface area contributed by atoms with E-state index in [2.05, 4.69) is 20.1 Å². The summed E-state index contributed by atoms with van der Waals surface area (Å²) in [5.74, 6) is 0.0726. The third kappa shape index (κ3) is 4.51. The van der Waals surface area contributed by atoms with Gasteiger partial charge in [-0.25, -0.2) is 14.2 Å². The van der Waals surface area contributed by atoms with Crippen LogP contribution in [0.1, 0.15) is 26.3 Å². The fourth-order valence-electron chi connectivity index (χ4n) is 4.53. The highest BCUT2D eigenvalue weighted by Gasteiger charge is 2.20. The Kier molecular flexibility index (Phi) is 6.48. The number of imidazole rings is 1. The predicted molar refractivity (Wildman–Crippen MR) is 131 cm³/mol. The van der Waals surface area contributed by atoms with Crippen LogP contribution in [0, 0.1) is 5.82 Å². The van der Waals surface area contributed by atoms with E-state index in [4.69, 9.17) is 9.47 Å². The molecule has 5 rings (SSSR count). The summed E-state index contributed by atoms with van der Waals surface area (Å²) in [6, 6.07) is 6.53. The number of fused-ring (bicyclic) bond motifs is 3. The predicted octanol–water partition coefficient (Wildman–Crippen LogP) is 3.17. The molecule has 1 saturated heterocycles. The summed E-state index contributed by atoms with van der Waals surface area (Å²) < 4.78 is 29.3. The van der Waals surface area contributed by atoms with Gasteiger partial charge in [-0.15, -0.1) is 10.2 Å². The van der Waals surface area contributed by atoms with Gasteiger partial charge in [0.25, 0.3) is 0 Å². The van der Waals surface area contributed by atoms with Gasteiger partial charge in [-0.3, -0.25) is 14.0 Å². The van der Waals surface area contributed by atoms with E-state index in [0.29, 0.717) is 45.7 Å². The third-order valence-corrected chi connectivity index (χ3v) is 6.39. The fourth-order valence-corrected chi connectivity index (χ4v) is 4.53. The lowest BCUT2D eigenvalue weighted by atomic mass is 10.0. The Balaban J connectivity index is 1.40. The molecule has 3 aromatic heterocycles. The molecular weight excluding hydrogens is 451 g/mol. The maximum Gasteiger partial charge on any atom is 0.330 e. The van der Waals surface area contributed by atoms with Gasteiger partial charge in [0.05, 0.1) is 25.3 Å². The average Bonchev–Trinajstić information content (AvgIpc) is 3.13. The number of aromatic nitrogens is 5. The van der Waals surface area contributed by atoms with E-state index >= 15 is 4.39 Å². The van der Waals surface area contributed by atoms with Gasteiger partial charge in [0.1, 0.15) is 11.3 Å². The third-order valence-electron chi connectivity index (χ3n) is 6.39. The molecule has 4 heterocycles. The number of hydrogen-bond donors (Lipinski definition) is 0. The Morgan fingerprint density at radius 1 is 1.17 bits per heavy atom. The van der Waals surface area contributed by atoms with E-state index in [0.717, 1.165) is 39.3 Å². The van der Waals surface area contributed by atoms with Crippen LogP contribution in [0.25, 0.3) is 33.2 Å². The van der Waals surface area contributed by atoms with E-state index in [-0.39, 0.29) is 11.7 Å². The largest absolute Gasteiger partial charge is 0.478 e. The average molecular weight is 481 g/mol. The van der Waals surface area contributed by atoms with Crippen molar-refractivity contribution in [3.8, 4) is 17.0 Å². The molecule has 4 aromatic rings. The molecule has 0 unspecified atom stereocenters. The molecule has 0 N–H and O–H groups in total. The molecule has 9 nitrogen and oxygen atoms in total. The number of benzene rings is 1. The minimum Gasteiger partial charge on any atom is -0.478 e. The minimum absolute atomic E-state index is 0.0894. The van der Waals surface area contributed by atoms with Crippen molar-refractivity contribution in [2.24, 2.45) is 7.05 Å². The summed E-state index contributed by atoms with van der Waals surface area (Å²) in [7, 11) is 1.66. The number of hydrogen-bond acceptors (Lipinski definition) is 7. The smallest absolute Gasteiger partial charge is 0.330 e. The minimum atomic E-state index is -0.429. The Labute approximate surface area is 202 Å². The van der Waals surface area contributed by atoms with Gasteiger partial charge in [0.15, 0.2) is 5.65 Å². The van der Waals surface area contributed by atoms with E-state index in [1.165, 1.54) is 10.6 Å². The van der Waals surface area contributed by atoms with Crippen molar-refractivity contribution in [1.82, 2.24) is 29.2 Å². The Hall–Kier alpha value is -3.37. The number of nitrogens with zero attached hydrogens (tertiary/aromatic N) is 6. The SMILES string of the molecule is CC(C)n1c(=O)n(C)c2nnc3cc(F)c(-c4ccc(OCCCN5CCOCC5)nc4)cc3c21.